The average molecular weight is 235 g/mol. The number of nitrogens with one attached hydrogen (secondary N) is 2. The van der Waals surface area contributed by atoms with Gasteiger partial charge in [0.05, 0.1) is 5.56 Å². The van der Waals surface area contributed by atoms with Crippen LogP contribution in [-0.4, -0.2) is 23.5 Å². The van der Waals surface area contributed by atoms with E-state index < -0.39 is 0 Å². The van der Waals surface area contributed by atoms with Gasteiger partial charge in [-0.1, -0.05) is 13.3 Å². The van der Waals surface area contributed by atoms with E-state index >= 15 is 0 Å². The van der Waals surface area contributed by atoms with E-state index in [1.165, 1.54) is 0 Å². The highest BCUT2D eigenvalue weighted by atomic mass is 16.1. The van der Waals surface area contributed by atoms with Gasteiger partial charge in [-0.15, -0.1) is 0 Å². The maximum atomic E-state index is 12.0. The molecule has 0 atom stereocenters. The molecule has 0 aliphatic carbocycles. The number of amides is 1. The van der Waals surface area contributed by atoms with Crippen LogP contribution >= 0.6 is 0 Å². The first kappa shape index (κ1) is 13.5. The van der Waals surface area contributed by atoms with Gasteiger partial charge in [-0.05, 0) is 32.4 Å². The van der Waals surface area contributed by atoms with Gasteiger partial charge in [-0.3, -0.25) is 4.79 Å². The Bertz CT molecular complexity index is 371. The van der Waals surface area contributed by atoms with Gasteiger partial charge in [0, 0.05) is 18.8 Å². The standard InChI is InChI=1S/C13H21N3O/c1-5-8-13(2,3)16-12(17)10-6-7-11(14-4)15-9-10/h6-7,9H,5,8H2,1-4H3,(H,14,15)(H,16,17). The number of hydrogen-bond acceptors (Lipinski definition) is 3. The highest BCUT2D eigenvalue weighted by Gasteiger charge is 2.19. The summed E-state index contributed by atoms with van der Waals surface area (Å²) >= 11 is 0. The summed E-state index contributed by atoms with van der Waals surface area (Å²) in [6.07, 6.45) is 3.59. The molecule has 2 N–H and O–H groups in total. The van der Waals surface area contributed by atoms with Crippen molar-refractivity contribution in [3.05, 3.63) is 23.9 Å². The van der Waals surface area contributed by atoms with E-state index in [-0.39, 0.29) is 11.4 Å². The number of aromatic nitrogens is 1. The number of pyridine rings is 1. The summed E-state index contributed by atoms with van der Waals surface area (Å²) in [6.45, 7) is 6.17. The third-order valence-electron chi connectivity index (χ3n) is 2.61. The summed E-state index contributed by atoms with van der Waals surface area (Å²) in [5.74, 6) is 0.688. The lowest BCUT2D eigenvalue weighted by atomic mass is 9.98. The fourth-order valence-corrected chi connectivity index (χ4v) is 1.74. The number of carbonyl (C=O) groups excluding carboxylic acids is 1. The lowest BCUT2D eigenvalue weighted by molar-refractivity contribution is 0.0908. The molecule has 0 bridgehead atoms. The molecule has 0 aromatic carbocycles. The second-order valence-electron chi connectivity index (χ2n) is 4.77. The molecule has 0 spiro atoms. The predicted molar refractivity (Wildman–Crippen MR) is 70.2 cm³/mol. The van der Waals surface area contributed by atoms with Crippen molar-refractivity contribution in [2.45, 2.75) is 39.2 Å². The summed E-state index contributed by atoms with van der Waals surface area (Å²) in [4.78, 5) is 16.1. The molecular formula is C13H21N3O. The quantitative estimate of drug-likeness (QED) is 0.824. The van der Waals surface area contributed by atoms with Crippen LogP contribution in [0.5, 0.6) is 0 Å². The largest absolute Gasteiger partial charge is 0.373 e. The molecule has 4 heteroatoms. The molecule has 0 saturated carbocycles. The molecule has 0 saturated heterocycles. The molecule has 0 radical (unpaired) electrons. The molecule has 1 aromatic heterocycles. The van der Waals surface area contributed by atoms with Gasteiger partial charge < -0.3 is 10.6 Å². The molecule has 0 unspecified atom stereocenters. The van der Waals surface area contributed by atoms with Crippen LogP contribution in [0.4, 0.5) is 5.82 Å². The summed E-state index contributed by atoms with van der Waals surface area (Å²) in [5.41, 5.74) is 0.418. The maximum absolute atomic E-state index is 12.0. The molecule has 0 aliphatic rings. The zero-order valence-electron chi connectivity index (χ0n) is 11.0. The lowest BCUT2D eigenvalue weighted by Crippen LogP contribution is -2.43. The van der Waals surface area contributed by atoms with Crippen molar-refractivity contribution in [1.29, 1.82) is 0 Å². The molecule has 1 heterocycles. The molecule has 1 rings (SSSR count). The minimum absolute atomic E-state index is 0.0707. The van der Waals surface area contributed by atoms with E-state index in [9.17, 15) is 4.79 Å². The van der Waals surface area contributed by atoms with E-state index in [0.717, 1.165) is 18.7 Å². The monoisotopic (exact) mass is 235 g/mol. The van der Waals surface area contributed by atoms with Crippen LogP contribution in [-0.2, 0) is 0 Å². The second-order valence-corrected chi connectivity index (χ2v) is 4.77. The van der Waals surface area contributed by atoms with Gasteiger partial charge in [0.25, 0.3) is 5.91 Å². The highest BCUT2D eigenvalue weighted by Crippen LogP contribution is 2.12. The Labute approximate surface area is 103 Å². The van der Waals surface area contributed by atoms with Gasteiger partial charge >= 0.3 is 0 Å². The summed E-state index contributed by atoms with van der Waals surface area (Å²) < 4.78 is 0. The Morgan fingerprint density at radius 3 is 2.59 bits per heavy atom. The number of rotatable bonds is 5. The maximum Gasteiger partial charge on any atom is 0.253 e. The van der Waals surface area contributed by atoms with E-state index in [2.05, 4.69) is 22.5 Å². The van der Waals surface area contributed by atoms with E-state index in [0.29, 0.717) is 5.56 Å². The first-order valence-electron chi connectivity index (χ1n) is 5.95. The Balaban J connectivity index is 2.69. The van der Waals surface area contributed by atoms with Crippen LogP contribution in [0, 0.1) is 0 Å². The van der Waals surface area contributed by atoms with Crippen LogP contribution in [0.25, 0.3) is 0 Å². The van der Waals surface area contributed by atoms with Crippen molar-refractivity contribution in [3.63, 3.8) is 0 Å². The van der Waals surface area contributed by atoms with Gasteiger partial charge in [0.15, 0.2) is 0 Å². The van der Waals surface area contributed by atoms with Crippen LogP contribution < -0.4 is 10.6 Å². The van der Waals surface area contributed by atoms with Crippen LogP contribution in [0.3, 0.4) is 0 Å². The molecule has 17 heavy (non-hydrogen) atoms. The zero-order chi connectivity index (χ0) is 12.9. The number of nitrogens with zero attached hydrogens (tertiary/aromatic N) is 1. The SMILES string of the molecule is CCCC(C)(C)NC(=O)c1ccc(NC)nc1. The van der Waals surface area contributed by atoms with Crippen LogP contribution in [0.2, 0.25) is 0 Å². The average Bonchev–Trinajstić information content (AvgIpc) is 2.28. The van der Waals surface area contributed by atoms with Crippen molar-refractivity contribution >= 4 is 11.7 Å². The predicted octanol–water partition coefficient (Wildman–Crippen LogP) is 2.43. The summed E-state index contributed by atoms with van der Waals surface area (Å²) in [6, 6.07) is 3.57. The van der Waals surface area contributed by atoms with Gasteiger partial charge in [0.1, 0.15) is 5.82 Å². The minimum atomic E-state index is -0.173. The van der Waals surface area contributed by atoms with Gasteiger partial charge in [0.2, 0.25) is 0 Å². The third kappa shape index (κ3) is 4.06. The highest BCUT2D eigenvalue weighted by molar-refractivity contribution is 5.94. The zero-order valence-corrected chi connectivity index (χ0v) is 11.0. The summed E-state index contributed by atoms with van der Waals surface area (Å²) in [7, 11) is 1.80. The van der Waals surface area contributed by atoms with E-state index in [1.54, 1.807) is 25.4 Å². The second kappa shape index (κ2) is 5.66. The first-order valence-corrected chi connectivity index (χ1v) is 5.95. The first-order chi connectivity index (χ1) is 7.98. The molecule has 1 aromatic rings. The molecular weight excluding hydrogens is 214 g/mol. The molecule has 0 fully saturated rings. The summed E-state index contributed by atoms with van der Waals surface area (Å²) in [5, 5.41) is 5.93. The van der Waals surface area contributed by atoms with Gasteiger partial charge in [-0.25, -0.2) is 4.98 Å². The Kier molecular flexibility index (Phi) is 4.49. The number of hydrogen-bond donors (Lipinski definition) is 2. The topological polar surface area (TPSA) is 54.0 Å². The molecule has 1 amide bonds. The Morgan fingerprint density at radius 1 is 1.41 bits per heavy atom. The lowest BCUT2D eigenvalue weighted by Gasteiger charge is -2.25. The molecule has 0 aliphatic heterocycles. The number of carbonyl (C=O) groups is 1. The normalized spacial score (nSPS) is 11.1. The van der Waals surface area contributed by atoms with Crippen molar-refractivity contribution in [3.8, 4) is 0 Å². The van der Waals surface area contributed by atoms with Crippen LogP contribution in [0.15, 0.2) is 18.3 Å². The van der Waals surface area contributed by atoms with Crippen molar-refractivity contribution in [1.82, 2.24) is 10.3 Å². The smallest absolute Gasteiger partial charge is 0.253 e. The van der Waals surface area contributed by atoms with E-state index in [1.807, 2.05) is 13.8 Å². The number of anilines is 1. The third-order valence-corrected chi connectivity index (χ3v) is 2.61. The molecule has 4 nitrogen and oxygen atoms in total. The molecule has 94 valence electrons. The van der Waals surface area contributed by atoms with Crippen molar-refractivity contribution < 1.29 is 4.79 Å². The van der Waals surface area contributed by atoms with Crippen molar-refractivity contribution in [2.75, 3.05) is 12.4 Å². The Morgan fingerprint density at radius 2 is 2.12 bits per heavy atom. The van der Waals surface area contributed by atoms with E-state index in [4.69, 9.17) is 0 Å². The van der Waals surface area contributed by atoms with Crippen LogP contribution in [0.1, 0.15) is 44.0 Å². The fourth-order valence-electron chi connectivity index (χ4n) is 1.74. The minimum Gasteiger partial charge on any atom is -0.373 e. The fraction of sp³-hybridized carbons (Fsp3) is 0.538. The van der Waals surface area contributed by atoms with Crippen molar-refractivity contribution in [2.24, 2.45) is 0 Å². The van der Waals surface area contributed by atoms with Gasteiger partial charge in [-0.2, -0.15) is 0 Å². The Hall–Kier alpha value is -1.58.